The number of esters is 1. The van der Waals surface area contributed by atoms with Crippen LogP contribution in [-0.2, 0) is 9.53 Å². The molecule has 2 N–H and O–H groups in total. The smallest absolute Gasteiger partial charge is 0.308 e. The molecule has 6 nitrogen and oxygen atoms in total. The molecule has 0 radical (unpaired) electrons. The quantitative estimate of drug-likeness (QED) is 0.169. The van der Waals surface area contributed by atoms with Gasteiger partial charge in [0.05, 0.1) is 12.5 Å². The van der Waals surface area contributed by atoms with Gasteiger partial charge in [0.25, 0.3) is 0 Å². The molecule has 0 heterocycles. The van der Waals surface area contributed by atoms with Gasteiger partial charge in [0.2, 0.25) is 0 Å². The van der Waals surface area contributed by atoms with Crippen molar-refractivity contribution in [2.45, 2.75) is 84.8 Å². The molecular formula is C20H41IN4O2. The largest absolute Gasteiger partial charge is 0.466 e. The van der Waals surface area contributed by atoms with E-state index in [4.69, 9.17) is 4.74 Å². The monoisotopic (exact) mass is 496 g/mol. The van der Waals surface area contributed by atoms with Crippen LogP contribution in [0.3, 0.4) is 0 Å². The van der Waals surface area contributed by atoms with Crippen molar-refractivity contribution in [1.82, 2.24) is 15.5 Å². The van der Waals surface area contributed by atoms with E-state index in [0.717, 1.165) is 51.2 Å². The number of hydrogen-bond donors (Lipinski definition) is 2. The van der Waals surface area contributed by atoms with Crippen LogP contribution in [0, 0.1) is 5.92 Å². The topological polar surface area (TPSA) is 66.0 Å². The third-order valence-corrected chi connectivity index (χ3v) is 5.12. The van der Waals surface area contributed by atoms with Crippen LogP contribution in [0.2, 0.25) is 0 Å². The Morgan fingerprint density at radius 1 is 1.15 bits per heavy atom. The molecular weight excluding hydrogens is 455 g/mol. The Kier molecular flexibility index (Phi) is 14.1. The van der Waals surface area contributed by atoms with Gasteiger partial charge < -0.3 is 15.4 Å². The van der Waals surface area contributed by atoms with E-state index in [2.05, 4.69) is 48.2 Å². The first-order valence-electron chi connectivity index (χ1n) is 10.3. The highest BCUT2D eigenvalue weighted by Gasteiger charge is 2.27. The molecule has 160 valence electrons. The van der Waals surface area contributed by atoms with E-state index >= 15 is 0 Å². The predicted molar refractivity (Wildman–Crippen MR) is 124 cm³/mol. The fraction of sp³-hybridized carbons (Fsp3) is 0.900. The highest BCUT2D eigenvalue weighted by atomic mass is 127. The SMILES string of the molecule is CCOC(=O)C1CCC(NC(=NC)NCCCN(C(C)C)C(C)C)CC1.I. The van der Waals surface area contributed by atoms with Gasteiger partial charge in [0.15, 0.2) is 5.96 Å². The van der Waals surface area contributed by atoms with Gasteiger partial charge in [-0.25, -0.2) is 0 Å². The van der Waals surface area contributed by atoms with Crippen LogP contribution in [-0.4, -0.2) is 61.7 Å². The Hall–Kier alpha value is -0.570. The van der Waals surface area contributed by atoms with Crippen molar-refractivity contribution in [2.24, 2.45) is 10.9 Å². The van der Waals surface area contributed by atoms with Gasteiger partial charge in [-0.2, -0.15) is 0 Å². The van der Waals surface area contributed by atoms with Gasteiger partial charge in [-0.1, -0.05) is 0 Å². The summed E-state index contributed by atoms with van der Waals surface area (Å²) in [5.74, 6) is 0.902. The second kappa shape index (κ2) is 14.4. The summed E-state index contributed by atoms with van der Waals surface area (Å²) >= 11 is 0. The van der Waals surface area contributed by atoms with Gasteiger partial charge in [-0.05, 0) is 66.7 Å². The number of aliphatic imine (C=N–C) groups is 1. The zero-order valence-corrected chi connectivity index (χ0v) is 20.4. The molecule has 7 heteroatoms. The average Bonchev–Trinajstić information content (AvgIpc) is 2.60. The van der Waals surface area contributed by atoms with E-state index in [1.54, 1.807) is 0 Å². The average molecular weight is 496 g/mol. The lowest BCUT2D eigenvalue weighted by molar-refractivity contribution is -0.149. The first-order valence-corrected chi connectivity index (χ1v) is 10.3. The number of carbonyl (C=O) groups excluding carboxylic acids is 1. The standard InChI is InChI=1S/C20H40N4O2.HI/c1-7-26-19(25)17-9-11-18(12-10-17)23-20(21-6)22-13-8-14-24(15(2)3)16(4)5;/h15-18H,7-14H2,1-6H3,(H2,21,22,23);1H. The molecule has 1 rings (SSSR count). The van der Waals surface area contributed by atoms with E-state index < -0.39 is 0 Å². The summed E-state index contributed by atoms with van der Waals surface area (Å²) in [6.07, 6.45) is 4.85. The maximum Gasteiger partial charge on any atom is 0.308 e. The van der Waals surface area contributed by atoms with Crippen molar-refractivity contribution >= 4 is 35.9 Å². The van der Waals surface area contributed by atoms with Gasteiger partial charge in [-0.3, -0.25) is 14.7 Å². The summed E-state index contributed by atoms with van der Waals surface area (Å²) in [6, 6.07) is 1.53. The summed E-state index contributed by atoms with van der Waals surface area (Å²) in [4.78, 5) is 18.7. The second-order valence-electron chi connectivity index (χ2n) is 7.72. The van der Waals surface area contributed by atoms with Crippen molar-refractivity contribution in [3.05, 3.63) is 0 Å². The van der Waals surface area contributed by atoms with Crippen molar-refractivity contribution in [3.63, 3.8) is 0 Å². The molecule has 27 heavy (non-hydrogen) atoms. The minimum atomic E-state index is -0.0340. The maximum atomic E-state index is 11.8. The normalized spacial score (nSPS) is 20.6. The first-order chi connectivity index (χ1) is 12.4. The van der Waals surface area contributed by atoms with Crippen LogP contribution < -0.4 is 10.6 Å². The van der Waals surface area contributed by atoms with E-state index in [1.165, 1.54) is 0 Å². The lowest BCUT2D eigenvalue weighted by atomic mass is 9.86. The Morgan fingerprint density at radius 3 is 2.22 bits per heavy atom. The lowest BCUT2D eigenvalue weighted by Crippen LogP contribution is -2.46. The molecule has 1 aliphatic rings. The van der Waals surface area contributed by atoms with Crippen molar-refractivity contribution in [2.75, 3.05) is 26.7 Å². The summed E-state index contributed by atoms with van der Waals surface area (Å²) < 4.78 is 5.14. The van der Waals surface area contributed by atoms with E-state index in [-0.39, 0.29) is 35.9 Å². The molecule has 0 spiro atoms. The number of halogens is 1. The molecule has 0 aromatic heterocycles. The van der Waals surface area contributed by atoms with Gasteiger partial charge in [0, 0.05) is 38.3 Å². The molecule has 0 bridgehead atoms. The lowest BCUT2D eigenvalue weighted by Gasteiger charge is -2.31. The number of rotatable bonds is 9. The summed E-state index contributed by atoms with van der Waals surface area (Å²) in [5.41, 5.74) is 0. The van der Waals surface area contributed by atoms with Crippen LogP contribution in [0.25, 0.3) is 0 Å². The van der Waals surface area contributed by atoms with Crippen molar-refractivity contribution in [3.8, 4) is 0 Å². The number of hydrogen-bond acceptors (Lipinski definition) is 4. The molecule has 0 amide bonds. The van der Waals surface area contributed by atoms with Crippen molar-refractivity contribution in [1.29, 1.82) is 0 Å². The minimum Gasteiger partial charge on any atom is -0.466 e. The van der Waals surface area contributed by atoms with E-state index in [9.17, 15) is 4.79 Å². The zero-order chi connectivity index (χ0) is 19.5. The number of ether oxygens (including phenoxy) is 1. The van der Waals surface area contributed by atoms with Crippen LogP contribution in [0.4, 0.5) is 0 Å². The van der Waals surface area contributed by atoms with Gasteiger partial charge in [-0.15, -0.1) is 24.0 Å². The predicted octanol–water partition coefficient (Wildman–Crippen LogP) is 3.40. The Morgan fingerprint density at radius 2 is 1.74 bits per heavy atom. The van der Waals surface area contributed by atoms with Crippen LogP contribution in [0.5, 0.6) is 0 Å². The second-order valence-corrected chi connectivity index (χ2v) is 7.72. The molecule has 0 aromatic carbocycles. The third-order valence-electron chi connectivity index (χ3n) is 5.12. The van der Waals surface area contributed by atoms with Crippen LogP contribution >= 0.6 is 24.0 Å². The number of carbonyl (C=O) groups is 1. The van der Waals surface area contributed by atoms with E-state index in [0.29, 0.717) is 24.7 Å². The summed E-state index contributed by atoms with van der Waals surface area (Å²) in [5, 5.41) is 6.93. The van der Waals surface area contributed by atoms with Crippen LogP contribution in [0.1, 0.15) is 66.7 Å². The molecule has 1 aliphatic carbocycles. The van der Waals surface area contributed by atoms with Crippen molar-refractivity contribution < 1.29 is 9.53 Å². The highest BCUT2D eigenvalue weighted by Crippen LogP contribution is 2.25. The van der Waals surface area contributed by atoms with Gasteiger partial charge >= 0.3 is 5.97 Å². The summed E-state index contributed by atoms with van der Waals surface area (Å²) in [7, 11) is 1.81. The van der Waals surface area contributed by atoms with Crippen LogP contribution in [0.15, 0.2) is 4.99 Å². The minimum absolute atomic E-state index is 0. The number of nitrogens with zero attached hydrogens (tertiary/aromatic N) is 2. The van der Waals surface area contributed by atoms with Gasteiger partial charge in [0.1, 0.15) is 0 Å². The fourth-order valence-electron chi connectivity index (χ4n) is 3.70. The zero-order valence-electron chi connectivity index (χ0n) is 18.1. The Bertz CT molecular complexity index is 428. The maximum absolute atomic E-state index is 11.8. The molecule has 0 atom stereocenters. The molecule has 0 aromatic rings. The number of guanidine groups is 1. The highest BCUT2D eigenvalue weighted by molar-refractivity contribution is 14.0. The molecule has 1 saturated carbocycles. The molecule has 0 saturated heterocycles. The van der Waals surface area contributed by atoms with E-state index in [1.807, 2.05) is 14.0 Å². The molecule has 0 unspecified atom stereocenters. The Labute approximate surface area is 183 Å². The Balaban J connectivity index is 0.00000676. The first kappa shape index (κ1) is 26.4. The third kappa shape index (κ3) is 9.96. The summed E-state index contributed by atoms with van der Waals surface area (Å²) in [6.45, 7) is 13.3. The molecule has 1 fully saturated rings. The number of nitrogens with one attached hydrogen (secondary N) is 2. The fourth-order valence-corrected chi connectivity index (χ4v) is 3.70. The molecule has 0 aliphatic heterocycles.